The van der Waals surface area contributed by atoms with Gasteiger partial charge in [0.15, 0.2) is 0 Å². The first-order valence-electron chi connectivity index (χ1n) is 10.0. The summed E-state index contributed by atoms with van der Waals surface area (Å²) in [7, 11) is 0. The molecule has 1 aliphatic heterocycles. The van der Waals surface area contributed by atoms with Crippen LogP contribution in [0, 0.1) is 0 Å². The van der Waals surface area contributed by atoms with Crippen LogP contribution in [-0.2, 0) is 17.8 Å². The van der Waals surface area contributed by atoms with Crippen LogP contribution in [0.3, 0.4) is 0 Å². The average molecular weight is 407 g/mol. The van der Waals surface area contributed by atoms with Gasteiger partial charge in [0.1, 0.15) is 5.75 Å². The van der Waals surface area contributed by atoms with E-state index in [1.165, 1.54) is 16.0 Å². The summed E-state index contributed by atoms with van der Waals surface area (Å²) in [6.45, 7) is 5.87. The highest BCUT2D eigenvalue weighted by molar-refractivity contribution is 7.10. The lowest BCUT2D eigenvalue weighted by Gasteiger charge is -2.35. The molecule has 1 N–H and O–H groups in total. The fourth-order valence-corrected chi connectivity index (χ4v) is 4.78. The first-order valence-corrected chi connectivity index (χ1v) is 10.9. The number of nitrogens with zero attached hydrogens (tertiary/aromatic N) is 1. The third kappa shape index (κ3) is 4.30. The topological polar surface area (TPSA) is 41.6 Å². The Morgan fingerprint density at radius 2 is 1.90 bits per heavy atom. The molecule has 2 aromatic carbocycles. The van der Waals surface area contributed by atoms with Gasteiger partial charge in [-0.25, -0.2) is 0 Å². The third-order valence-corrected chi connectivity index (χ3v) is 6.32. The van der Waals surface area contributed by atoms with Gasteiger partial charge in [-0.2, -0.15) is 0 Å². The van der Waals surface area contributed by atoms with Crippen molar-refractivity contribution in [3.8, 4) is 5.75 Å². The Balaban J connectivity index is 1.46. The summed E-state index contributed by atoms with van der Waals surface area (Å²) in [6, 6.07) is 18.8. The van der Waals surface area contributed by atoms with E-state index in [0.717, 1.165) is 36.5 Å². The maximum atomic E-state index is 12.2. The van der Waals surface area contributed by atoms with Crippen LogP contribution >= 0.6 is 11.3 Å². The van der Waals surface area contributed by atoms with E-state index in [0.29, 0.717) is 6.61 Å². The SMILES string of the molecule is CCOc1ccc(CNc2ccc([C@H]3c4ccsc4CCN3C(C)=O)cc2)cc1. The zero-order valence-corrected chi connectivity index (χ0v) is 17.7. The molecule has 0 saturated carbocycles. The molecule has 0 radical (unpaired) electrons. The van der Waals surface area contributed by atoms with Crippen molar-refractivity contribution in [1.29, 1.82) is 0 Å². The molecule has 1 aromatic heterocycles. The van der Waals surface area contributed by atoms with Crippen LogP contribution in [0.2, 0.25) is 0 Å². The third-order valence-electron chi connectivity index (χ3n) is 5.33. The number of thiophene rings is 1. The molecule has 4 rings (SSSR count). The molecule has 3 aromatic rings. The van der Waals surface area contributed by atoms with Crippen LogP contribution in [0.25, 0.3) is 0 Å². The number of hydrogen-bond acceptors (Lipinski definition) is 4. The van der Waals surface area contributed by atoms with E-state index in [2.05, 4.69) is 53.2 Å². The second kappa shape index (κ2) is 8.70. The largest absolute Gasteiger partial charge is 0.494 e. The molecule has 29 heavy (non-hydrogen) atoms. The van der Waals surface area contributed by atoms with Gasteiger partial charge in [0, 0.05) is 30.6 Å². The van der Waals surface area contributed by atoms with Crippen molar-refractivity contribution in [3.63, 3.8) is 0 Å². The smallest absolute Gasteiger partial charge is 0.220 e. The normalized spacial score (nSPS) is 15.7. The van der Waals surface area contributed by atoms with Crippen LogP contribution in [0.1, 0.15) is 41.5 Å². The molecular formula is C24H26N2O2S. The Labute approximate surface area is 176 Å². The second-order valence-electron chi connectivity index (χ2n) is 7.22. The van der Waals surface area contributed by atoms with Gasteiger partial charge in [0.25, 0.3) is 0 Å². The van der Waals surface area contributed by atoms with Crippen molar-refractivity contribution in [2.45, 2.75) is 32.9 Å². The standard InChI is InChI=1S/C24H26N2O2S/c1-3-28-21-10-4-18(5-11-21)16-25-20-8-6-19(7-9-20)24-22-13-15-29-23(22)12-14-26(24)17(2)27/h4-11,13,15,24-25H,3,12,14,16H2,1-2H3/t24-/m0/s1. The molecule has 5 heteroatoms. The number of amides is 1. The van der Waals surface area contributed by atoms with Crippen molar-refractivity contribution >= 4 is 22.9 Å². The van der Waals surface area contributed by atoms with Gasteiger partial charge < -0.3 is 15.0 Å². The predicted octanol–water partition coefficient (Wildman–Crippen LogP) is 5.25. The van der Waals surface area contributed by atoms with E-state index in [1.807, 2.05) is 24.0 Å². The molecule has 150 valence electrons. The van der Waals surface area contributed by atoms with Gasteiger partial charge in [-0.1, -0.05) is 24.3 Å². The minimum absolute atomic E-state index is 0.0164. The highest BCUT2D eigenvalue weighted by Gasteiger charge is 2.31. The van der Waals surface area contributed by atoms with Gasteiger partial charge in [0.05, 0.1) is 12.6 Å². The Bertz CT molecular complexity index is 963. The quantitative estimate of drug-likeness (QED) is 0.608. The first-order chi connectivity index (χ1) is 14.2. The molecular weight excluding hydrogens is 380 g/mol. The fourth-order valence-electron chi connectivity index (χ4n) is 3.87. The molecule has 0 saturated heterocycles. The van der Waals surface area contributed by atoms with Crippen molar-refractivity contribution in [3.05, 3.63) is 81.5 Å². The summed E-state index contributed by atoms with van der Waals surface area (Å²) in [5.41, 5.74) is 4.70. The summed E-state index contributed by atoms with van der Waals surface area (Å²) in [5.74, 6) is 1.03. The molecule has 2 heterocycles. The lowest BCUT2D eigenvalue weighted by molar-refractivity contribution is -0.130. The molecule has 0 unspecified atom stereocenters. The number of rotatable bonds is 6. The Kier molecular flexibility index (Phi) is 5.86. The summed E-state index contributed by atoms with van der Waals surface area (Å²) >= 11 is 1.79. The number of carbonyl (C=O) groups is 1. The van der Waals surface area contributed by atoms with E-state index >= 15 is 0 Å². The number of hydrogen-bond donors (Lipinski definition) is 1. The minimum atomic E-state index is 0.0164. The van der Waals surface area contributed by atoms with Crippen LogP contribution in [0.4, 0.5) is 5.69 Å². The maximum Gasteiger partial charge on any atom is 0.220 e. The molecule has 4 nitrogen and oxygen atoms in total. The molecule has 0 bridgehead atoms. The average Bonchev–Trinajstić information content (AvgIpc) is 3.22. The van der Waals surface area contributed by atoms with Gasteiger partial charge in [0.2, 0.25) is 5.91 Å². The van der Waals surface area contributed by atoms with Gasteiger partial charge in [-0.15, -0.1) is 11.3 Å². The fraction of sp³-hybridized carbons (Fsp3) is 0.292. The van der Waals surface area contributed by atoms with Crippen LogP contribution in [0.15, 0.2) is 60.0 Å². The maximum absolute atomic E-state index is 12.2. The lowest BCUT2D eigenvalue weighted by atomic mass is 9.93. The van der Waals surface area contributed by atoms with Gasteiger partial charge >= 0.3 is 0 Å². The first kappa shape index (κ1) is 19.5. The van der Waals surface area contributed by atoms with E-state index < -0.39 is 0 Å². The van der Waals surface area contributed by atoms with E-state index in [9.17, 15) is 4.79 Å². The zero-order chi connectivity index (χ0) is 20.2. The van der Waals surface area contributed by atoms with E-state index in [4.69, 9.17) is 4.74 Å². The number of carbonyl (C=O) groups excluding carboxylic acids is 1. The molecule has 0 spiro atoms. The Hall–Kier alpha value is -2.79. The highest BCUT2D eigenvalue weighted by Crippen LogP contribution is 2.38. The van der Waals surface area contributed by atoms with Crippen LogP contribution in [-0.4, -0.2) is 24.0 Å². The van der Waals surface area contributed by atoms with E-state index in [-0.39, 0.29) is 11.9 Å². The van der Waals surface area contributed by atoms with E-state index in [1.54, 1.807) is 18.3 Å². The van der Waals surface area contributed by atoms with Crippen LogP contribution in [0.5, 0.6) is 5.75 Å². The number of ether oxygens (including phenoxy) is 1. The zero-order valence-electron chi connectivity index (χ0n) is 16.9. The van der Waals surface area contributed by atoms with Gasteiger partial charge in [-0.05, 0) is 65.7 Å². The predicted molar refractivity (Wildman–Crippen MR) is 119 cm³/mol. The number of benzene rings is 2. The van der Waals surface area contributed by atoms with Crippen molar-refractivity contribution in [1.82, 2.24) is 4.90 Å². The molecule has 1 atom stereocenters. The summed E-state index contributed by atoms with van der Waals surface area (Å²) in [4.78, 5) is 15.6. The number of nitrogens with one attached hydrogen (secondary N) is 1. The number of fused-ring (bicyclic) bond motifs is 1. The summed E-state index contributed by atoms with van der Waals surface area (Å²) in [6.07, 6.45) is 0.949. The monoisotopic (exact) mass is 406 g/mol. The van der Waals surface area contributed by atoms with Gasteiger partial charge in [-0.3, -0.25) is 4.79 Å². The van der Waals surface area contributed by atoms with Crippen molar-refractivity contribution in [2.75, 3.05) is 18.5 Å². The molecule has 0 aliphatic carbocycles. The van der Waals surface area contributed by atoms with Crippen molar-refractivity contribution < 1.29 is 9.53 Å². The van der Waals surface area contributed by atoms with Crippen LogP contribution < -0.4 is 10.1 Å². The molecule has 0 fully saturated rings. The summed E-state index contributed by atoms with van der Waals surface area (Å²) < 4.78 is 5.49. The molecule has 1 amide bonds. The van der Waals surface area contributed by atoms with Crippen molar-refractivity contribution in [2.24, 2.45) is 0 Å². The molecule has 1 aliphatic rings. The Morgan fingerprint density at radius 1 is 1.14 bits per heavy atom. The second-order valence-corrected chi connectivity index (χ2v) is 8.22. The lowest BCUT2D eigenvalue weighted by Crippen LogP contribution is -2.38. The highest BCUT2D eigenvalue weighted by atomic mass is 32.1. The minimum Gasteiger partial charge on any atom is -0.494 e. The number of anilines is 1. The summed E-state index contributed by atoms with van der Waals surface area (Å²) in [5, 5.41) is 5.60. The Morgan fingerprint density at radius 3 is 2.59 bits per heavy atom.